The number of ether oxygens (including phenoxy) is 3. The van der Waals surface area contributed by atoms with Crippen molar-refractivity contribution >= 4 is 16.0 Å². The molecule has 0 saturated carbocycles. The van der Waals surface area contributed by atoms with Gasteiger partial charge in [-0.05, 0) is 42.0 Å². The second-order valence-electron chi connectivity index (χ2n) is 5.03. The first kappa shape index (κ1) is 16.3. The van der Waals surface area contributed by atoms with Crippen molar-refractivity contribution in [3.63, 3.8) is 0 Å². The highest BCUT2D eigenvalue weighted by atomic mass is 32.2. The number of sulfonamides is 1. The van der Waals surface area contributed by atoms with Gasteiger partial charge in [0.25, 0.3) is 0 Å². The number of benzene rings is 2. The molecule has 0 atom stereocenters. The second kappa shape index (κ2) is 6.50. The Bertz CT molecular complexity index is 861. The van der Waals surface area contributed by atoms with Crippen LogP contribution in [-0.4, -0.2) is 28.3 Å². The number of esters is 1. The van der Waals surface area contributed by atoms with Gasteiger partial charge in [0.2, 0.25) is 16.8 Å². The van der Waals surface area contributed by atoms with Crippen LogP contribution in [0.3, 0.4) is 0 Å². The SMILES string of the molecule is COC(=O)c1ccc(S(=O)(=O)NCc2ccc3c(c2)OCO3)cc1. The molecule has 1 N–H and O–H groups in total. The number of methoxy groups -OCH3 is 1. The van der Waals surface area contributed by atoms with Gasteiger partial charge in [-0.2, -0.15) is 0 Å². The number of carbonyl (C=O) groups excluding carboxylic acids is 1. The zero-order chi connectivity index (χ0) is 17.2. The maximum atomic E-state index is 12.3. The summed E-state index contributed by atoms with van der Waals surface area (Å²) in [4.78, 5) is 11.4. The average Bonchev–Trinajstić information content (AvgIpc) is 3.07. The number of hydrogen-bond donors (Lipinski definition) is 1. The monoisotopic (exact) mass is 349 g/mol. The third-order valence-electron chi connectivity index (χ3n) is 3.49. The van der Waals surface area contributed by atoms with Gasteiger partial charge < -0.3 is 14.2 Å². The van der Waals surface area contributed by atoms with Gasteiger partial charge in [0, 0.05) is 6.54 Å². The van der Waals surface area contributed by atoms with Crippen LogP contribution in [0.1, 0.15) is 15.9 Å². The van der Waals surface area contributed by atoms with Crippen LogP contribution in [-0.2, 0) is 21.3 Å². The van der Waals surface area contributed by atoms with Gasteiger partial charge in [-0.15, -0.1) is 0 Å². The molecule has 8 heteroatoms. The molecular formula is C16H15NO6S. The Hall–Kier alpha value is -2.58. The molecule has 0 saturated heterocycles. The Kier molecular flexibility index (Phi) is 4.41. The lowest BCUT2D eigenvalue weighted by molar-refractivity contribution is 0.0600. The van der Waals surface area contributed by atoms with Crippen molar-refractivity contribution in [2.45, 2.75) is 11.4 Å². The standard InChI is InChI=1S/C16H15NO6S/c1-21-16(18)12-3-5-13(6-4-12)24(19,20)17-9-11-2-7-14-15(8-11)23-10-22-14/h2-8,17H,9-10H2,1H3. The Morgan fingerprint density at radius 1 is 1.12 bits per heavy atom. The molecule has 3 rings (SSSR count). The molecule has 2 aromatic carbocycles. The second-order valence-corrected chi connectivity index (χ2v) is 6.80. The summed E-state index contributed by atoms with van der Waals surface area (Å²) in [6, 6.07) is 10.7. The van der Waals surface area contributed by atoms with Crippen molar-refractivity contribution in [3.8, 4) is 11.5 Å². The molecule has 0 unspecified atom stereocenters. The fourth-order valence-corrected chi connectivity index (χ4v) is 3.22. The molecule has 1 aliphatic rings. The third-order valence-corrected chi connectivity index (χ3v) is 4.91. The molecule has 0 aliphatic carbocycles. The molecule has 0 spiro atoms. The van der Waals surface area contributed by atoms with Crippen molar-refractivity contribution in [2.24, 2.45) is 0 Å². The molecule has 1 heterocycles. The molecule has 7 nitrogen and oxygen atoms in total. The molecule has 24 heavy (non-hydrogen) atoms. The van der Waals surface area contributed by atoms with E-state index < -0.39 is 16.0 Å². The van der Waals surface area contributed by atoms with Crippen molar-refractivity contribution < 1.29 is 27.4 Å². The Labute approximate surface area is 139 Å². The Morgan fingerprint density at radius 3 is 2.54 bits per heavy atom. The summed E-state index contributed by atoms with van der Waals surface area (Å²) >= 11 is 0. The minimum absolute atomic E-state index is 0.0656. The van der Waals surface area contributed by atoms with Gasteiger partial charge in [0.1, 0.15) is 0 Å². The van der Waals surface area contributed by atoms with Crippen molar-refractivity contribution in [3.05, 3.63) is 53.6 Å². The highest BCUT2D eigenvalue weighted by Gasteiger charge is 2.17. The first-order valence-electron chi connectivity index (χ1n) is 7.06. The molecule has 1 aliphatic heterocycles. The molecule has 2 aromatic rings. The summed E-state index contributed by atoms with van der Waals surface area (Å²) < 4.78 is 42.2. The van der Waals surface area contributed by atoms with Gasteiger partial charge in [-0.3, -0.25) is 0 Å². The van der Waals surface area contributed by atoms with Crippen LogP contribution < -0.4 is 14.2 Å². The Balaban J connectivity index is 1.70. The van der Waals surface area contributed by atoms with E-state index >= 15 is 0 Å². The van der Waals surface area contributed by atoms with E-state index in [0.717, 1.165) is 5.56 Å². The number of fused-ring (bicyclic) bond motifs is 1. The van der Waals surface area contributed by atoms with Crippen LogP contribution in [0.25, 0.3) is 0 Å². The van der Waals surface area contributed by atoms with Crippen molar-refractivity contribution in [1.29, 1.82) is 0 Å². The molecule has 126 valence electrons. The van der Waals surface area contributed by atoms with E-state index in [2.05, 4.69) is 9.46 Å². The van der Waals surface area contributed by atoms with Crippen LogP contribution in [0.5, 0.6) is 11.5 Å². The van der Waals surface area contributed by atoms with Gasteiger partial charge in [-0.1, -0.05) is 6.07 Å². The van der Waals surface area contributed by atoms with Crippen LogP contribution in [0.2, 0.25) is 0 Å². The van der Waals surface area contributed by atoms with Crippen LogP contribution in [0.4, 0.5) is 0 Å². The van der Waals surface area contributed by atoms with Crippen LogP contribution in [0, 0.1) is 0 Å². The topological polar surface area (TPSA) is 90.9 Å². The normalized spacial score (nSPS) is 12.9. The van der Waals surface area contributed by atoms with Gasteiger partial charge in [0.15, 0.2) is 11.5 Å². The summed E-state index contributed by atoms with van der Waals surface area (Å²) in [5, 5.41) is 0. The van der Waals surface area contributed by atoms with E-state index in [1.807, 2.05) is 0 Å². The summed E-state index contributed by atoms with van der Waals surface area (Å²) in [7, 11) is -2.43. The predicted molar refractivity (Wildman–Crippen MR) is 84.4 cm³/mol. The van der Waals surface area contributed by atoms with Crippen molar-refractivity contribution in [2.75, 3.05) is 13.9 Å². The fraction of sp³-hybridized carbons (Fsp3) is 0.188. The molecule has 0 amide bonds. The molecule has 0 aromatic heterocycles. The van der Waals surface area contributed by atoms with E-state index in [-0.39, 0.29) is 23.8 Å². The van der Waals surface area contributed by atoms with Gasteiger partial charge >= 0.3 is 5.97 Å². The average molecular weight is 349 g/mol. The molecule has 0 radical (unpaired) electrons. The number of carbonyl (C=O) groups is 1. The molecular weight excluding hydrogens is 334 g/mol. The highest BCUT2D eigenvalue weighted by molar-refractivity contribution is 7.89. The van der Waals surface area contributed by atoms with Crippen LogP contribution >= 0.6 is 0 Å². The maximum Gasteiger partial charge on any atom is 0.337 e. The van der Waals surface area contributed by atoms with Crippen LogP contribution in [0.15, 0.2) is 47.4 Å². The van der Waals surface area contributed by atoms with E-state index in [1.54, 1.807) is 18.2 Å². The van der Waals surface area contributed by atoms with E-state index in [0.29, 0.717) is 11.5 Å². The maximum absolute atomic E-state index is 12.3. The quantitative estimate of drug-likeness (QED) is 0.826. The van der Waals surface area contributed by atoms with E-state index in [1.165, 1.54) is 31.4 Å². The summed E-state index contributed by atoms with van der Waals surface area (Å²) in [6.07, 6.45) is 0. The first-order chi connectivity index (χ1) is 11.5. The molecule has 0 bridgehead atoms. The van der Waals surface area contributed by atoms with Crippen molar-refractivity contribution in [1.82, 2.24) is 4.72 Å². The number of hydrogen-bond acceptors (Lipinski definition) is 6. The third kappa shape index (κ3) is 3.34. The Morgan fingerprint density at radius 2 is 1.83 bits per heavy atom. The molecule has 0 fully saturated rings. The first-order valence-corrected chi connectivity index (χ1v) is 8.54. The van der Waals surface area contributed by atoms with Gasteiger partial charge in [-0.25, -0.2) is 17.9 Å². The lowest BCUT2D eigenvalue weighted by atomic mass is 10.2. The number of rotatable bonds is 5. The minimum Gasteiger partial charge on any atom is -0.465 e. The zero-order valence-electron chi connectivity index (χ0n) is 12.8. The fourth-order valence-electron chi connectivity index (χ4n) is 2.20. The smallest absolute Gasteiger partial charge is 0.337 e. The predicted octanol–water partition coefficient (Wildman–Crippen LogP) is 1.68. The van der Waals surface area contributed by atoms with Gasteiger partial charge in [0.05, 0.1) is 17.6 Å². The summed E-state index contributed by atoms with van der Waals surface area (Å²) in [6.45, 7) is 0.273. The number of nitrogens with one attached hydrogen (secondary N) is 1. The summed E-state index contributed by atoms with van der Waals surface area (Å²) in [5.74, 6) is 0.710. The lowest BCUT2D eigenvalue weighted by Crippen LogP contribution is -2.23. The van der Waals surface area contributed by atoms with E-state index in [4.69, 9.17) is 9.47 Å². The minimum atomic E-state index is -3.70. The lowest BCUT2D eigenvalue weighted by Gasteiger charge is -2.08. The highest BCUT2D eigenvalue weighted by Crippen LogP contribution is 2.32. The summed E-state index contributed by atoms with van der Waals surface area (Å²) in [5.41, 5.74) is 1.03. The van der Waals surface area contributed by atoms with E-state index in [9.17, 15) is 13.2 Å². The largest absolute Gasteiger partial charge is 0.465 e. The zero-order valence-corrected chi connectivity index (χ0v) is 13.6.